The Kier molecular flexibility index (Phi) is 4.94. The highest BCUT2D eigenvalue weighted by molar-refractivity contribution is 7.19. The molecule has 1 aliphatic carbocycles. The molecule has 3 heterocycles. The summed E-state index contributed by atoms with van der Waals surface area (Å²) in [6.45, 7) is 3.05. The quantitative estimate of drug-likeness (QED) is 0.503. The largest absolute Gasteiger partial charge is 0.493 e. The molecule has 0 aliphatic heterocycles. The van der Waals surface area contributed by atoms with Gasteiger partial charge in [0.15, 0.2) is 17.1 Å². The van der Waals surface area contributed by atoms with Crippen LogP contribution < -0.4 is 14.8 Å². The van der Waals surface area contributed by atoms with E-state index in [1.807, 2.05) is 28.0 Å². The van der Waals surface area contributed by atoms with Crippen LogP contribution in [0.3, 0.4) is 0 Å². The Hall–Kier alpha value is -2.87. The van der Waals surface area contributed by atoms with Crippen LogP contribution in [0.1, 0.15) is 29.3 Å². The van der Waals surface area contributed by atoms with Crippen molar-refractivity contribution in [3.8, 4) is 11.5 Å². The molecule has 8 heteroatoms. The summed E-state index contributed by atoms with van der Waals surface area (Å²) in [4.78, 5) is 12.0. The SMILES string of the molecule is COc1ccc(CCNc2nc3sc4c(c3c3ncnn23)C[C@H](C)CC4)cc1OC. The molecule has 0 saturated carbocycles. The number of benzene rings is 1. The van der Waals surface area contributed by atoms with Gasteiger partial charge in [0.05, 0.1) is 19.6 Å². The Balaban J connectivity index is 1.42. The number of ether oxygens (including phenoxy) is 2. The molecule has 3 aromatic heterocycles. The predicted octanol–water partition coefficient (Wildman–Crippen LogP) is 4.14. The number of anilines is 1. The molecule has 0 spiro atoms. The van der Waals surface area contributed by atoms with Crippen molar-refractivity contribution in [2.45, 2.75) is 32.6 Å². The van der Waals surface area contributed by atoms with Gasteiger partial charge >= 0.3 is 0 Å². The first-order valence-corrected chi connectivity index (χ1v) is 11.1. The number of nitrogens with one attached hydrogen (secondary N) is 1. The molecule has 4 aromatic rings. The fraction of sp³-hybridized carbons (Fsp3) is 0.409. The Labute approximate surface area is 179 Å². The number of thiophene rings is 1. The molecule has 1 aliphatic rings. The maximum Gasteiger partial charge on any atom is 0.227 e. The van der Waals surface area contributed by atoms with Gasteiger partial charge in [-0.3, -0.25) is 0 Å². The fourth-order valence-corrected chi connectivity index (χ4v) is 5.44. The third kappa shape index (κ3) is 3.25. The van der Waals surface area contributed by atoms with Crippen LogP contribution in [0.15, 0.2) is 24.5 Å². The summed E-state index contributed by atoms with van der Waals surface area (Å²) < 4.78 is 12.6. The van der Waals surface area contributed by atoms with E-state index < -0.39 is 0 Å². The molecule has 0 saturated heterocycles. The highest BCUT2D eigenvalue weighted by Crippen LogP contribution is 2.39. The monoisotopic (exact) mass is 423 g/mol. The second-order valence-electron chi connectivity index (χ2n) is 7.83. The highest BCUT2D eigenvalue weighted by Gasteiger charge is 2.24. The van der Waals surface area contributed by atoms with E-state index in [1.54, 1.807) is 20.5 Å². The number of rotatable bonds is 6. The molecule has 7 nitrogen and oxygen atoms in total. The van der Waals surface area contributed by atoms with Crippen molar-refractivity contribution in [1.29, 1.82) is 0 Å². The summed E-state index contributed by atoms with van der Waals surface area (Å²) in [5.41, 5.74) is 3.49. The number of methoxy groups -OCH3 is 2. The van der Waals surface area contributed by atoms with Crippen molar-refractivity contribution in [3.05, 3.63) is 40.5 Å². The number of hydrogen-bond donors (Lipinski definition) is 1. The Bertz CT molecular complexity index is 1220. The smallest absolute Gasteiger partial charge is 0.227 e. The second kappa shape index (κ2) is 7.75. The molecule has 30 heavy (non-hydrogen) atoms. The standard InChI is InChI=1S/C22H25N5O2S/c1-13-4-7-18-15(10-13)19-20-24-12-25-27(20)22(26-21(19)30-18)23-9-8-14-5-6-16(28-2)17(11-14)29-3/h5-6,11-13H,4,7-10H2,1-3H3,(H,23,26)/t13-/m1/s1. The highest BCUT2D eigenvalue weighted by atomic mass is 32.1. The molecule has 0 fully saturated rings. The molecule has 0 amide bonds. The maximum atomic E-state index is 5.41. The van der Waals surface area contributed by atoms with E-state index >= 15 is 0 Å². The topological polar surface area (TPSA) is 73.6 Å². The fourth-order valence-electron chi connectivity index (χ4n) is 4.23. The molecule has 1 N–H and O–H groups in total. The number of hydrogen-bond acceptors (Lipinski definition) is 7. The van der Waals surface area contributed by atoms with E-state index in [9.17, 15) is 0 Å². The lowest BCUT2D eigenvalue weighted by Gasteiger charge is -2.17. The molecular weight excluding hydrogens is 398 g/mol. The van der Waals surface area contributed by atoms with Crippen molar-refractivity contribution in [3.63, 3.8) is 0 Å². The minimum absolute atomic E-state index is 0.706. The first kappa shape index (κ1) is 19.1. The zero-order valence-corrected chi connectivity index (χ0v) is 18.3. The van der Waals surface area contributed by atoms with Crippen LogP contribution in [0.5, 0.6) is 11.5 Å². The minimum atomic E-state index is 0.706. The lowest BCUT2D eigenvalue weighted by molar-refractivity contribution is 0.354. The van der Waals surface area contributed by atoms with E-state index in [1.165, 1.54) is 22.2 Å². The van der Waals surface area contributed by atoms with Crippen molar-refractivity contribution in [2.75, 3.05) is 26.1 Å². The molecule has 0 radical (unpaired) electrons. The Morgan fingerprint density at radius 3 is 2.93 bits per heavy atom. The van der Waals surface area contributed by atoms with Gasteiger partial charge in [0.25, 0.3) is 0 Å². The van der Waals surface area contributed by atoms with Crippen molar-refractivity contribution in [2.24, 2.45) is 5.92 Å². The first-order chi connectivity index (χ1) is 14.7. The molecule has 1 aromatic carbocycles. The van der Waals surface area contributed by atoms with Crippen LogP contribution in [0.4, 0.5) is 5.95 Å². The van der Waals surface area contributed by atoms with E-state index in [0.29, 0.717) is 5.92 Å². The maximum absolute atomic E-state index is 5.41. The summed E-state index contributed by atoms with van der Waals surface area (Å²) in [6.07, 6.45) is 5.94. The summed E-state index contributed by atoms with van der Waals surface area (Å²) in [7, 11) is 3.30. The third-order valence-corrected chi connectivity index (χ3v) is 7.00. The van der Waals surface area contributed by atoms with Gasteiger partial charge in [0.2, 0.25) is 5.95 Å². The van der Waals surface area contributed by atoms with Gasteiger partial charge < -0.3 is 14.8 Å². The minimum Gasteiger partial charge on any atom is -0.493 e. The average Bonchev–Trinajstić information content (AvgIpc) is 3.37. The Morgan fingerprint density at radius 2 is 2.10 bits per heavy atom. The second-order valence-corrected chi connectivity index (χ2v) is 8.91. The van der Waals surface area contributed by atoms with E-state index in [2.05, 4.69) is 28.4 Å². The number of nitrogens with zero attached hydrogens (tertiary/aromatic N) is 4. The van der Waals surface area contributed by atoms with Crippen molar-refractivity contribution >= 4 is 33.1 Å². The first-order valence-electron chi connectivity index (χ1n) is 10.3. The van der Waals surface area contributed by atoms with Crippen molar-refractivity contribution in [1.82, 2.24) is 19.6 Å². The van der Waals surface area contributed by atoms with Crippen LogP contribution in [0.25, 0.3) is 15.9 Å². The summed E-state index contributed by atoms with van der Waals surface area (Å²) >= 11 is 1.81. The Morgan fingerprint density at radius 1 is 1.23 bits per heavy atom. The van der Waals surface area contributed by atoms with Crippen LogP contribution >= 0.6 is 11.3 Å². The van der Waals surface area contributed by atoms with E-state index in [-0.39, 0.29) is 0 Å². The van der Waals surface area contributed by atoms with Gasteiger partial charge in [-0.15, -0.1) is 11.3 Å². The van der Waals surface area contributed by atoms with Crippen LogP contribution in [-0.2, 0) is 19.3 Å². The van der Waals surface area contributed by atoms with Gasteiger partial charge in [-0.05, 0) is 54.9 Å². The van der Waals surface area contributed by atoms with Gasteiger partial charge in [-0.1, -0.05) is 13.0 Å². The lowest BCUT2D eigenvalue weighted by Crippen LogP contribution is -2.12. The van der Waals surface area contributed by atoms with E-state index in [0.717, 1.165) is 59.3 Å². The average molecular weight is 424 g/mol. The predicted molar refractivity (Wildman–Crippen MR) is 119 cm³/mol. The van der Waals surface area contributed by atoms with Gasteiger partial charge in [0, 0.05) is 11.4 Å². The molecule has 1 atom stereocenters. The van der Waals surface area contributed by atoms with E-state index in [4.69, 9.17) is 14.5 Å². The molecule has 0 bridgehead atoms. The molecule has 0 unspecified atom stereocenters. The van der Waals surface area contributed by atoms with Crippen LogP contribution in [0.2, 0.25) is 0 Å². The molecule has 156 valence electrons. The molecule has 5 rings (SSSR count). The molecular formula is C22H25N5O2S. The third-order valence-electron chi connectivity index (χ3n) is 5.81. The summed E-state index contributed by atoms with van der Waals surface area (Å²) in [6, 6.07) is 6.00. The zero-order valence-electron chi connectivity index (χ0n) is 17.4. The number of aryl methyl sites for hydroxylation is 1. The summed E-state index contributed by atoms with van der Waals surface area (Å²) in [5, 5.41) is 9.08. The van der Waals surface area contributed by atoms with Crippen LogP contribution in [-0.4, -0.2) is 40.3 Å². The van der Waals surface area contributed by atoms with Gasteiger partial charge in [0.1, 0.15) is 11.2 Å². The van der Waals surface area contributed by atoms with Gasteiger partial charge in [-0.2, -0.15) is 9.61 Å². The van der Waals surface area contributed by atoms with Crippen LogP contribution in [0, 0.1) is 5.92 Å². The van der Waals surface area contributed by atoms with Crippen molar-refractivity contribution < 1.29 is 9.47 Å². The normalized spacial score (nSPS) is 16.0. The van der Waals surface area contributed by atoms with Gasteiger partial charge in [-0.25, -0.2) is 9.97 Å². The number of aromatic nitrogens is 4. The number of fused-ring (bicyclic) bond motifs is 5. The lowest BCUT2D eigenvalue weighted by atomic mass is 9.89. The summed E-state index contributed by atoms with van der Waals surface area (Å²) in [5.74, 6) is 2.92. The zero-order chi connectivity index (χ0) is 20.7.